The second-order valence-electron chi connectivity index (χ2n) is 7.64. The molecule has 0 atom stereocenters. The zero-order valence-corrected chi connectivity index (χ0v) is 20.9. The van der Waals surface area contributed by atoms with Crippen LogP contribution < -0.4 is 32.8 Å². The molecule has 0 amide bonds. The van der Waals surface area contributed by atoms with Gasteiger partial charge in [-0.1, -0.05) is 104 Å². The van der Waals surface area contributed by atoms with Crippen LogP contribution in [0.2, 0.25) is 0 Å². The third-order valence-electron chi connectivity index (χ3n) is 5.28. The summed E-state index contributed by atoms with van der Waals surface area (Å²) >= 11 is 0. The molecule has 0 aliphatic carbocycles. The van der Waals surface area contributed by atoms with E-state index in [4.69, 9.17) is 0 Å². The molecule has 3 rings (SSSR count). The summed E-state index contributed by atoms with van der Waals surface area (Å²) in [7, 11) is -3.33. The van der Waals surface area contributed by atoms with Crippen LogP contribution in [0.25, 0.3) is 0 Å². The van der Waals surface area contributed by atoms with Gasteiger partial charge in [-0.2, -0.15) is 0 Å². The van der Waals surface area contributed by atoms with Crippen molar-refractivity contribution in [3.8, 4) is 0 Å². The topological polar surface area (TPSA) is 23.1 Å². The summed E-state index contributed by atoms with van der Waals surface area (Å²) in [4.78, 5) is 14.8. The fourth-order valence-electron chi connectivity index (χ4n) is 4.06. The fraction of sp³-hybridized carbons (Fsp3) is 0.250. The van der Waals surface area contributed by atoms with Crippen LogP contribution in [0.3, 0.4) is 0 Å². The first-order valence-corrected chi connectivity index (χ1v) is 11.1. The van der Waals surface area contributed by atoms with Crippen molar-refractivity contribution < 1.29 is 17.2 Å². The number of benzene rings is 3. The normalized spacial score (nSPS) is 10.8. The Hall–Kier alpha value is -1.11. The molecule has 0 unspecified atom stereocenters. The Balaban J connectivity index is 0.00000196. The average molecular weight is 419 g/mol. The van der Waals surface area contributed by atoms with Gasteiger partial charge in [0.1, 0.15) is 0 Å². The van der Waals surface area contributed by atoms with E-state index < -0.39 is 8.32 Å². The van der Waals surface area contributed by atoms with Crippen LogP contribution in [0.1, 0.15) is 33.4 Å². The van der Waals surface area contributed by atoms with E-state index in [-0.39, 0.29) is 35.5 Å². The Morgan fingerprint density at radius 1 is 0.536 bits per heavy atom. The largest absolute Gasteiger partial charge is 2.00 e. The van der Waals surface area contributed by atoms with Gasteiger partial charge >= 0.3 is 23.1 Å². The zero-order valence-electron chi connectivity index (χ0n) is 17.7. The first-order chi connectivity index (χ1) is 12.2. The quantitative estimate of drug-likeness (QED) is 0.414. The van der Waals surface area contributed by atoms with Crippen LogP contribution in [0, 0.1) is 41.5 Å². The van der Waals surface area contributed by atoms with E-state index >= 15 is 0 Å². The summed E-state index contributed by atoms with van der Waals surface area (Å²) in [5, 5.41) is 2.92. The van der Waals surface area contributed by atoms with Crippen LogP contribution in [0.15, 0.2) is 54.6 Å². The van der Waals surface area contributed by atoms with Gasteiger partial charge in [-0.15, -0.1) is 0 Å². The van der Waals surface area contributed by atoms with E-state index in [0.717, 1.165) is 32.3 Å². The summed E-state index contributed by atoms with van der Waals surface area (Å²) in [6.07, 6.45) is 0. The molecule has 1 nitrogen and oxygen atoms in total. The Bertz CT molecular complexity index is 859. The van der Waals surface area contributed by atoms with Crippen molar-refractivity contribution in [2.45, 2.75) is 41.5 Å². The van der Waals surface area contributed by atoms with Gasteiger partial charge in [-0.05, 0) is 41.5 Å². The van der Waals surface area contributed by atoms with E-state index in [1.807, 2.05) is 0 Å². The van der Waals surface area contributed by atoms with E-state index in [0.29, 0.717) is 0 Å². The first-order valence-electron chi connectivity index (χ1n) is 9.17. The van der Waals surface area contributed by atoms with E-state index in [1.165, 1.54) is 16.7 Å². The smallest absolute Gasteiger partial charge is 1.00 e. The molecule has 0 bridgehead atoms. The summed E-state index contributed by atoms with van der Waals surface area (Å²) in [5.41, 5.74) is 6.90. The monoisotopic (exact) mass is 418 g/mol. The van der Waals surface area contributed by atoms with Gasteiger partial charge < -0.3 is 17.2 Å². The predicted octanol–water partition coefficient (Wildman–Crippen LogP) is -0.512. The van der Waals surface area contributed by atoms with Gasteiger partial charge in [-0.3, -0.25) is 0 Å². The summed E-state index contributed by atoms with van der Waals surface area (Å²) in [6.45, 7) is 12.5. The van der Waals surface area contributed by atoms with Gasteiger partial charge in [0.15, 0.2) is 0 Å². The van der Waals surface area contributed by atoms with Crippen LogP contribution in [0.5, 0.6) is 0 Å². The summed E-state index contributed by atoms with van der Waals surface area (Å²) in [6, 6.07) is 18.9. The molecule has 0 aliphatic heterocycles. The number of hydrogen-bond donors (Lipinski definition) is 0. The minimum Gasteiger partial charge on any atom is -1.00 e. The van der Waals surface area contributed by atoms with Gasteiger partial charge in [0, 0.05) is 0 Å². The van der Waals surface area contributed by atoms with Gasteiger partial charge in [0.05, 0.1) is 8.32 Å². The molecule has 0 fully saturated rings. The maximum Gasteiger partial charge on any atom is 2.00 e. The van der Waals surface area contributed by atoms with Crippen molar-refractivity contribution in [1.82, 2.24) is 0 Å². The average Bonchev–Trinajstić information content (AvgIpc) is 2.54. The Morgan fingerprint density at radius 3 is 1.00 bits per heavy atom. The van der Waals surface area contributed by atoms with Crippen LogP contribution in [0.4, 0.5) is 0 Å². The van der Waals surface area contributed by atoms with Gasteiger partial charge in [-0.25, -0.2) is 0 Å². The molecule has 28 heavy (non-hydrogen) atoms. The molecule has 3 aromatic carbocycles. The molecule has 142 valence electrons. The third-order valence-corrected chi connectivity index (χ3v) is 9.24. The van der Waals surface area contributed by atoms with E-state index in [2.05, 4.69) is 96.1 Å². The minimum absolute atomic E-state index is 0. The molecule has 0 saturated carbocycles. The summed E-state index contributed by atoms with van der Waals surface area (Å²) in [5.74, 6) is 0. The van der Waals surface area contributed by atoms with Gasteiger partial charge in [0.2, 0.25) is 0 Å². The van der Waals surface area contributed by atoms with Crippen LogP contribution in [-0.4, -0.2) is 31.4 Å². The Kier molecular flexibility index (Phi) is 8.54. The molecular weight excluding hydrogens is 392 g/mol. The first kappa shape index (κ1) is 24.9. The van der Waals surface area contributed by atoms with Crippen LogP contribution in [-0.2, 0) is 0 Å². The van der Waals surface area contributed by atoms with Crippen molar-refractivity contribution >= 4 is 46.9 Å². The molecule has 0 aromatic heterocycles. The molecule has 0 radical (unpaired) electrons. The van der Waals surface area contributed by atoms with Crippen molar-refractivity contribution in [3.05, 3.63) is 88.0 Å². The van der Waals surface area contributed by atoms with Crippen molar-refractivity contribution in [1.29, 1.82) is 0 Å². The number of halogens is 1. The van der Waals surface area contributed by atoms with Gasteiger partial charge in [0.25, 0.3) is 0 Å². The molecule has 0 saturated heterocycles. The van der Waals surface area contributed by atoms with Crippen molar-refractivity contribution in [2.24, 2.45) is 0 Å². The molecule has 3 aromatic rings. The number of hydrogen-bond acceptors (Lipinski definition) is 1. The second-order valence-corrected chi connectivity index (χ2v) is 10.6. The molecule has 0 aliphatic rings. The molecule has 0 N–H and O–H groups in total. The predicted molar refractivity (Wildman–Crippen MR) is 118 cm³/mol. The fourth-order valence-corrected chi connectivity index (χ4v) is 7.77. The SMILES string of the molecule is Cc1ccc([Si]([O-])(c2ccc(C)cc2C)c2ccc(C)cc2C)c(C)c1.[Cl-].[Mg+2]. The number of aryl methyl sites for hydroxylation is 6. The molecule has 4 heteroatoms. The van der Waals surface area contributed by atoms with Crippen molar-refractivity contribution in [2.75, 3.05) is 0 Å². The maximum atomic E-state index is 14.8. The minimum atomic E-state index is -3.33. The van der Waals surface area contributed by atoms with Crippen LogP contribution >= 0.6 is 0 Å². The Labute approximate surface area is 192 Å². The standard InChI is InChI=1S/C24H27OSi.ClH.Mg/c1-16-7-10-22(19(4)13-16)26(25,23-11-8-17(2)14-20(23)5)24-12-9-18(3)15-21(24)6;;/h7-15H,1-6H3;1H;/q-1;;+2/p-1. The zero-order chi connectivity index (χ0) is 19.1. The molecule has 0 heterocycles. The van der Waals surface area contributed by atoms with E-state index in [9.17, 15) is 4.80 Å². The Morgan fingerprint density at radius 2 is 0.786 bits per heavy atom. The van der Waals surface area contributed by atoms with Crippen molar-refractivity contribution in [3.63, 3.8) is 0 Å². The van der Waals surface area contributed by atoms with E-state index in [1.54, 1.807) is 0 Å². The number of rotatable bonds is 3. The maximum absolute atomic E-state index is 14.8. The molecular formula is C24H27ClMgOSi. The second kappa shape index (κ2) is 9.59. The third kappa shape index (κ3) is 4.55. The summed E-state index contributed by atoms with van der Waals surface area (Å²) < 4.78 is 0. The molecule has 0 spiro atoms.